The lowest BCUT2D eigenvalue weighted by Gasteiger charge is -2.26. The summed E-state index contributed by atoms with van der Waals surface area (Å²) in [5.74, 6) is -1.69. The highest BCUT2D eigenvalue weighted by Gasteiger charge is 2.43. The maximum absolute atomic E-state index is 12.0. The van der Waals surface area contributed by atoms with Crippen LogP contribution in [0.4, 0.5) is 0 Å². The van der Waals surface area contributed by atoms with Gasteiger partial charge in [-0.1, -0.05) is 0 Å². The van der Waals surface area contributed by atoms with E-state index in [0.29, 0.717) is 19.4 Å². The Morgan fingerprint density at radius 3 is 2.23 bits per heavy atom. The van der Waals surface area contributed by atoms with Crippen LogP contribution < -0.4 is 0 Å². The van der Waals surface area contributed by atoms with E-state index in [-0.39, 0.29) is 24.9 Å². The van der Waals surface area contributed by atoms with E-state index >= 15 is 0 Å². The Morgan fingerprint density at radius 2 is 1.68 bits per heavy atom. The number of likely N-dealkylation sites (tertiary alicyclic amines) is 1. The molecule has 0 spiro atoms. The second-order valence-corrected chi connectivity index (χ2v) is 4.99. The lowest BCUT2D eigenvalue weighted by Crippen LogP contribution is -2.42. The average Bonchev–Trinajstić information content (AvgIpc) is 2.64. The van der Waals surface area contributed by atoms with Crippen molar-refractivity contribution in [2.45, 2.75) is 52.4 Å². The van der Waals surface area contributed by atoms with Crippen LogP contribution >= 0.6 is 0 Å². The normalized spacial score (nSPS) is 20.7. The summed E-state index contributed by atoms with van der Waals surface area (Å²) >= 11 is 0. The minimum Gasteiger partial charge on any atom is -0.466 e. The van der Waals surface area contributed by atoms with Gasteiger partial charge in [-0.25, -0.2) is 0 Å². The molecule has 1 saturated heterocycles. The number of esters is 3. The van der Waals surface area contributed by atoms with E-state index in [1.807, 2.05) is 0 Å². The highest BCUT2D eigenvalue weighted by molar-refractivity contribution is 5.81. The minimum absolute atomic E-state index is 0.0124. The van der Waals surface area contributed by atoms with Crippen LogP contribution in [0.15, 0.2) is 0 Å². The number of carbonyl (C=O) groups is 4. The largest absolute Gasteiger partial charge is 0.466 e. The predicted molar refractivity (Wildman–Crippen MR) is 73.3 cm³/mol. The first-order valence-corrected chi connectivity index (χ1v) is 7.08. The number of nitrogens with zero attached hydrogens (tertiary/aromatic N) is 1. The minimum atomic E-state index is -0.900. The van der Waals surface area contributed by atoms with Crippen molar-refractivity contribution >= 4 is 23.8 Å². The quantitative estimate of drug-likeness (QED) is 0.380. The number of carbonyl (C=O) groups excluding carboxylic acids is 4. The molecule has 22 heavy (non-hydrogen) atoms. The SMILES string of the molecule is CC(=O)OCCCCN1C(=O)C[C@H](OC(C)=O)[C@@H]1OC(C)=O. The second kappa shape index (κ2) is 8.35. The van der Waals surface area contributed by atoms with Crippen molar-refractivity contribution in [2.75, 3.05) is 13.2 Å². The first-order valence-electron chi connectivity index (χ1n) is 7.08. The fraction of sp³-hybridized carbons (Fsp3) is 0.714. The molecule has 2 atom stereocenters. The molecule has 0 bridgehead atoms. The molecule has 1 aliphatic rings. The molecular formula is C14H21NO7. The Bertz CT molecular complexity index is 448. The molecule has 1 fully saturated rings. The van der Waals surface area contributed by atoms with Gasteiger partial charge in [0, 0.05) is 27.3 Å². The summed E-state index contributed by atoms with van der Waals surface area (Å²) in [4.78, 5) is 46.3. The lowest BCUT2D eigenvalue weighted by atomic mass is 10.3. The van der Waals surface area contributed by atoms with E-state index in [2.05, 4.69) is 0 Å². The van der Waals surface area contributed by atoms with Crippen molar-refractivity contribution in [3.05, 3.63) is 0 Å². The van der Waals surface area contributed by atoms with Gasteiger partial charge in [-0.05, 0) is 12.8 Å². The third kappa shape index (κ3) is 5.71. The van der Waals surface area contributed by atoms with E-state index in [9.17, 15) is 19.2 Å². The molecule has 0 aliphatic carbocycles. The van der Waals surface area contributed by atoms with Crippen LogP contribution in [0.2, 0.25) is 0 Å². The monoisotopic (exact) mass is 315 g/mol. The summed E-state index contributed by atoms with van der Waals surface area (Å²) in [7, 11) is 0. The summed E-state index contributed by atoms with van der Waals surface area (Å²) in [5, 5.41) is 0. The molecule has 124 valence electrons. The molecule has 8 heteroatoms. The third-order valence-electron chi connectivity index (χ3n) is 3.02. The van der Waals surface area contributed by atoms with Gasteiger partial charge in [0.05, 0.1) is 13.0 Å². The van der Waals surface area contributed by atoms with Crippen molar-refractivity contribution in [3.63, 3.8) is 0 Å². The number of amides is 1. The maximum Gasteiger partial charge on any atom is 0.304 e. The fourth-order valence-electron chi connectivity index (χ4n) is 2.21. The summed E-state index contributed by atoms with van der Waals surface area (Å²) in [6.07, 6.45) is -0.551. The van der Waals surface area contributed by atoms with Crippen molar-refractivity contribution in [1.29, 1.82) is 0 Å². The van der Waals surface area contributed by atoms with Gasteiger partial charge in [-0.15, -0.1) is 0 Å². The van der Waals surface area contributed by atoms with Crippen LogP contribution in [-0.2, 0) is 33.4 Å². The van der Waals surface area contributed by atoms with Crippen molar-refractivity contribution in [3.8, 4) is 0 Å². The smallest absolute Gasteiger partial charge is 0.304 e. The summed E-state index contributed by atoms with van der Waals surface area (Å²) in [6.45, 7) is 4.38. The molecular weight excluding hydrogens is 294 g/mol. The van der Waals surface area contributed by atoms with Crippen LogP contribution in [0.5, 0.6) is 0 Å². The Labute approximate surface area is 128 Å². The number of unbranched alkanes of at least 4 members (excludes halogenated alkanes) is 1. The zero-order chi connectivity index (χ0) is 16.7. The van der Waals surface area contributed by atoms with Gasteiger partial charge < -0.3 is 19.1 Å². The van der Waals surface area contributed by atoms with Crippen LogP contribution in [0.1, 0.15) is 40.0 Å². The van der Waals surface area contributed by atoms with Gasteiger partial charge in [0.1, 0.15) is 0 Å². The summed E-state index contributed by atoms with van der Waals surface area (Å²) < 4.78 is 14.9. The molecule has 1 aliphatic heterocycles. The highest BCUT2D eigenvalue weighted by Crippen LogP contribution is 2.24. The summed E-state index contributed by atoms with van der Waals surface area (Å²) in [5.41, 5.74) is 0. The van der Waals surface area contributed by atoms with Gasteiger partial charge in [0.15, 0.2) is 6.10 Å². The van der Waals surface area contributed by atoms with Crippen molar-refractivity contribution in [1.82, 2.24) is 4.90 Å². The summed E-state index contributed by atoms with van der Waals surface area (Å²) in [6, 6.07) is 0. The molecule has 0 aromatic heterocycles. The van der Waals surface area contributed by atoms with Gasteiger partial charge in [-0.3, -0.25) is 19.2 Å². The van der Waals surface area contributed by atoms with E-state index < -0.39 is 24.3 Å². The van der Waals surface area contributed by atoms with Crippen LogP contribution in [-0.4, -0.2) is 54.2 Å². The second-order valence-electron chi connectivity index (χ2n) is 4.99. The molecule has 8 nitrogen and oxygen atoms in total. The zero-order valence-electron chi connectivity index (χ0n) is 13.0. The Kier molecular flexibility index (Phi) is 6.81. The molecule has 1 rings (SSSR count). The third-order valence-corrected chi connectivity index (χ3v) is 3.02. The number of hydrogen-bond acceptors (Lipinski definition) is 7. The zero-order valence-corrected chi connectivity index (χ0v) is 13.0. The highest BCUT2D eigenvalue weighted by atomic mass is 16.6. The first-order chi connectivity index (χ1) is 10.3. The predicted octanol–water partition coefficient (Wildman–Crippen LogP) is 0.383. The molecule has 0 saturated carbocycles. The van der Waals surface area contributed by atoms with E-state index in [4.69, 9.17) is 14.2 Å². The van der Waals surface area contributed by atoms with Crippen LogP contribution in [0.25, 0.3) is 0 Å². The molecule has 0 aromatic rings. The van der Waals surface area contributed by atoms with Gasteiger partial charge in [0.25, 0.3) is 0 Å². The van der Waals surface area contributed by atoms with Gasteiger partial charge >= 0.3 is 17.9 Å². The molecule has 1 amide bonds. The molecule has 0 radical (unpaired) electrons. The fourth-order valence-corrected chi connectivity index (χ4v) is 2.21. The van der Waals surface area contributed by atoms with E-state index in [0.717, 1.165) is 0 Å². The first kappa shape index (κ1) is 17.9. The number of ether oxygens (including phenoxy) is 3. The van der Waals surface area contributed by atoms with Crippen LogP contribution in [0.3, 0.4) is 0 Å². The number of hydrogen-bond donors (Lipinski definition) is 0. The maximum atomic E-state index is 12.0. The van der Waals surface area contributed by atoms with E-state index in [1.54, 1.807) is 0 Å². The van der Waals surface area contributed by atoms with Gasteiger partial charge in [-0.2, -0.15) is 0 Å². The topological polar surface area (TPSA) is 99.2 Å². The van der Waals surface area contributed by atoms with Crippen molar-refractivity contribution < 1.29 is 33.4 Å². The molecule has 1 heterocycles. The molecule has 0 unspecified atom stereocenters. The number of rotatable bonds is 7. The van der Waals surface area contributed by atoms with E-state index in [1.165, 1.54) is 25.7 Å². The van der Waals surface area contributed by atoms with Gasteiger partial charge in [0.2, 0.25) is 12.1 Å². The molecule has 0 aromatic carbocycles. The average molecular weight is 315 g/mol. The molecule has 0 N–H and O–H groups in total. The van der Waals surface area contributed by atoms with Crippen LogP contribution in [0, 0.1) is 0 Å². The standard InChI is InChI=1S/C14H21NO7/c1-9(16)20-7-5-4-6-15-13(19)8-12(21-10(2)17)14(15)22-11(3)18/h12,14H,4-8H2,1-3H3/t12-,14-/m0/s1. The Balaban J connectivity index is 2.56. The van der Waals surface area contributed by atoms with Crippen molar-refractivity contribution in [2.24, 2.45) is 0 Å². The Hall–Kier alpha value is -2.12. The Morgan fingerprint density at radius 1 is 1.05 bits per heavy atom. The lowest BCUT2D eigenvalue weighted by molar-refractivity contribution is -0.173.